The molecule has 0 saturated carbocycles. The van der Waals surface area contributed by atoms with Gasteiger partial charge in [0, 0.05) is 22.4 Å². The molecule has 0 saturated heterocycles. The predicted octanol–water partition coefficient (Wildman–Crippen LogP) is 6.82. The van der Waals surface area contributed by atoms with Crippen molar-refractivity contribution in [2.75, 3.05) is 0 Å². The Morgan fingerprint density at radius 2 is 1.20 bits per heavy atom. The van der Waals surface area contributed by atoms with Crippen LogP contribution >= 0.6 is 11.8 Å². The molecule has 3 heterocycles. The van der Waals surface area contributed by atoms with E-state index in [1.165, 1.54) is 5.56 Å². The van der Waals surface area contributed by atoms with Crippen molar-refractivity contribution in [3.8, 4) is 39.9 Å². The van der Waals surface area contributed by atoms with Crippen molar-refractivity contribution in [1.82, 2.24) is 24.5 Å². The Morgan fingerprint density at radius 3 is 1.91 bits per heavy atom. The molecule has 0 amide bonds. The Kier molecular flexibility index (Phi) is 4.70. The van der Waals surface area contributed by atoms with Crippen molar-refractivity contribution < 1.29 is 0 Å². The number of para-hydroxylation sites is 3. The third kappa shape index (κ3) is 3.42. The smallest absolute Gasteiger partial charge is 0.174 e. The monoisotopic (exact) mass is 469 g/mol. The maximum Gasteiger partial charge on any atom is 0.174 e. The number of imidazole rings is 1. The number of benzene rings is 4. The lowest BCUT2D eigenvalue weighted by molar-refractivity contribution is 0.893. The molecule has 1 aliphatic rings. The van der Waals surface area contributed by atoms with Crippen LogP contribution in [0.4, 0.5) is 0 Å². The number of hydrogen-bond acceptors (Lipinski definition) is 5. The lowest BCUT2D eigenvalue weighted by Gasteiger charge is -2.22. The molecule has 5 nitrogen and oxygen atoms in total. The van der Waals surface area contributed by atoms with E-state index in [4.69, 9.17) is 19.9 Å². The van der Waals surface area contributed by atoms with Gasteiger partial charge in [-0.15, -0.1) is 0 Å². The molecule has 0 N–H and O–H groups in total. The maximum absolute atomic E-state index is 4.98. The minimum absolute atomic E-state index is 0.658. The fraction of sp³-hybridized carbons (Fsp3) is 0.0345. The van der Waals surface area contributed by atoms with Gasteiger partial charge in [0.1, 0.15) is 0 Å². The van der Waals surface area contributed by atoms with Crippen LogP contribution in [-0.4, -0.2) is 24.5 Å². The summed E-state index contributed by atoms with van der Waals surface area (Å²) in [4.78, 5) is 19.7. The highest BCUT2D eigenvalue weighted by Crippen LogP contribution is 2.41. The standard InChI is InChI=1S/C29H19N5S/c1-3-10-19(11-4-1)26-31-27(20-12-5-2-6-13-20)33-28(32-26)22-15-9-14-21-18-35-29-30-23-16-7-8-17-24(23)34(29)25(21)22/h1-17H,18H2. The van der Waals surface area contributed by atoms with E-state index in [1.807, 2.05) is 66.7 Å². The first-order valence-corrected chi connectivity index (χ1v) is 12.4. The largest absolute Gasteiger partial charge is 0.286 e. The topological polar surface area (TPSA) is 56.5 Å². The van der Waals surface area contributed by atoms with Crippen LogP contribution in [0, 0.1) is 0 Å². The molecular weight excluding hydrogens is 450 g/mol. The van der Waals surface area contributed by atoms with Gasteiger partial charge in [0.15, 0.2) is 22.6 Å². The zero-order valence-electron chi connectivity index (χ0n) is 18.7. The van der Waals surface area contributed by atoms with Crippen LogP contribution in [0.15, 0.2) is 108 Å². The average Bonchev–Trinajstić information content (AvgIpc) is 3.32. The molecule has 0 fully saturated rings. The van der Waals surface area contributed by atoms with Crippen molar-refractivity contribution in [3.63, 3.8) is 0 Å². The highest BCUT2D eigenvalue weighted by molar-refractivity contribution is 7.98. The van der Waals surface area contributed by atoms with Crippen LogP contribution < -0.4 is 0 Å². The molecule has 35 heavy (non-hydrogen) atoms. The Balaban J connectivity index is 1.51. The minimum atomic E-state index is 0.658. The predicted molar refractivity (Wildman–Crippen MR) is 140 cm³/mol. The second-order valence-corrected chi connectivity index (χ2v) is 9.30. The van der Waals surface area contributed by atoms with Gasteiger partial charge in [0.2, 0.25) is 0 Å². The van der Waals surface area contributed by atoms with E-state index < -0.39 is 0 Å². The number of aromatic nitrogens is 5. The second-order valence-electron chi connectivity index (χ2n) is 8.36. The molecule has 4 aromatic carbocycles. The second kappa shape index (κ2) is 8.18. The van der Waals surface area contributed by atoms with Crippen molar-refractivity contribution in [3.05, 3.63) is 109 Å². The van der Waals surface area contributed by atoms with E-state index in [9.17, 15) is 0 Å². The highest BCUT2D eigenvalue weighted by atomic mass is 32.2. The molecule has 0 spiro atoms. The van der Waals surface area contributed by atoms with E-state index in [0.29, 0.717) is 17.5 Å². The first-order valence-electron chi connectivity index (χ1n) is 11.4. The number of nitrogens with zero attached hydrogens (tertiary/aromatic N) is 5. The summed E-state index contributed by atoms with van der Waals surface area (Å²) in [5, 5.41) is 0.992. The van der Waals surface area contributed by atoms with Crippen molar-refractivity contribution in [2.24, 2.45) is 0 Å². The number of rotatable bonds is 3. The first-order chi connectivity index (χ1) is 17.3. The average molecular weight is 470 g/mol. The lowest BCUT2D eigenvalue weighted by atomic mass is 10.1. The molecule has 6 aromatic rings. The Bertz CT molecular complexity index is 1640. The van der Waals surface area contributed by atoms with Crippen LogP contribution in [0.5, 0.6) is 0 Å². The summed E-state index contributed by atoms with van der Waals surface area (Å²) in [7, 11) is 0. The van der Waals surface area contributed by atoms with Gasteiger partial charge in [-0.2, -0.15) is 0 Å². The molecule has 2 aromatic heterocycles. The van der Waals surface area contributed by atoms with Gasteiger partial charge in [0.05, 0.1) is 16.7 Å². The molecule has 0 radical (unpaired) electrons. The maximum atomic E-state index is 4.98. The molecule has 7 rings (SSSR count). The summed E-state index contributed by atoms with van der Waals surface area (Å²) in [6.45, 7) is 0. The van der Waals surface area contributed by atoms with E-state index >= 15 is 0 Å². The fourth-order valence-electron chi connectivity index (χ4n) is 4.54. The molecule has 0 unspecified atom stereocenters. The van der Waals surface area contributed by atoms with Crippen LogP contribution in [0.1, 0.15) is 5.56 Å². The first kappa shape index (κ1) is 20.1. The quantitative estimate of drug-likeness (QED) is 0.285. The normalized spacial score (nSPS) is 12.3. The summed E-state index contributed by atoms with van der Waals surface area (Å²) in [5.74, 6) is 2.83. The Morgan fingerprint density at radius 1 is 0.571 bits per heavy atom. The lowest BCUT2D eigenvalue weighted by Crippen LogP contribution is -2.09. The zero-order valence-corrected chi connectivity index (χ0v) is 19.5. The zero-order chi connectivity index (χ0) is 23.2. The van der Waals surface area contributed by atoms with E-state index in [1.54, 1.807) is 11.8 Å². The Hall–Kier alpha value is -4.29. The molecule has 166 valence electrons. The van der Waals surface area contributed by atoms with Gasteiger partial charge in [-0.1, -0.05) is 96.7 Å². The summed E-state index contributed by atoms with van der Waals surface area (Å²) in [5.41, 5.74) is 7.31. The summed E-state index contributed by atoms with van der Waals surface area (Å²) in [6.07, 6.45) is 0. The SMILES string of the molecule is c1ccc(-c2nc(-c3ccccc3)nc(-c3cccc4c3-n3c(nc5ccccc53)SC4)n2)cc1. The third-order valence-corrected chi connectivity index (χ3v) is 7.16. The molecular formula is C29H19N5S. The van der Waals surface area contributed by atoms with Gasteiger partial charge >= 0.3 is 0 Å². The van der Waals surface area contributed by atoms with Gasteiger partial charge in [-0.25, -0.2) is 19.9 Å². The number of thioether (sulfide) groups is 1. The van der Waals surface area contributed by atoms with Crippen LogP contribution in [0.25, 0.3) is 50.9 Å². The van der Waals surface area contributed by atoms with Gasteiger partial charge in [-0.05, 0) is 23.8 Å². The van der Waals surface area contributed by atoms with Gasteiger partial charge in [-0.3, -0.25) is 4.57 Å². The fourth-order valence-corrected chi connectivity index (χ4v) is 5.54. The van der Waals surface area contributed by atoms with Crippen LogP contribution in [0.2, 0.25) is 0 Å². The van der Waals surface area contributed by atoms with Crippen LogP contribution in [0.3, 0.4) is 0 Å². The van der Waals surface area contributed by atoms with E-state index in [0.717, 1.165) is 44.3 Å². The van der Waals surface area contributed by atoms with E-state index in [-0.39, 0.29) is 0 Å². The minimum Gasteiger partial charge on any atom is -0.286 e. The summed E-state index contributed by atoms with van der Waals surface area (Å²) < 4.78 is 2.25. The third-order valence-electron chi connectivity index (χ3n) is 6.17. The van der Waals surface area contributed by atoms with Crippen LogP contribution in [-0.2, 0) is 5.75 Å². The number of hydrogen-bond donors (Lipinski definition) is 0. The van der Waals surface area contributed by atoms with Gasteiger partial charge in [0.25, 0.3) is 0 Å². The van der Waals surface area contributed by atoms with Crippen molar-refractivity contribution in [1.29, 1.82) is 0 Å². The highest BCUT2D eigenvalue weighted by Gasteiger charge is 2.25. The van der Waals surface area contributed by atoms with Gasteiger partial charge < -0.3 is 0 Å². The molecule has 0 aliphatic carbocycles. The van der Waals surface area contributed by atoms with E-state index in [2.05, 4.69) is 41.0 Å². The molecule has 6 heteroatoms. The molecule has 0 atom stereocenters. The summed E-state index contributed by atoms with van der Waals surface area (Å²) in [6, 6.07) is 34.8. The van der Waals surface area contributed by atoms with Crippen molar-refractivity contribution in [2.45, 2.75) is 10.9 Å². The molecule has 0 bridgehead atoms. The molecule has 1 aliphatic heterocycles. The Labute approximate surface area is 206 Å². The van der Waals surface area contributed by atoms with Crippen molar-refractivity contribution >= 4 is 22.8 Å². The summed E-state index contributed by atoms with van der Waals surface area (Å²) >= 11 is 1.76. The number of fused-ring (bicyclic) bond motifs is 5.